The molecule has 3 nitrogen and oxygen atoms in total. The van der Waals surface area contributed by atoms with E-state index in [1.807, 2.05) is 36.4 Å². The van der Waals surface area contributed by atoms with Crippen molar-refractivity contribution in [2.75, 3.05) is 0 Å². The minimum atomic E-state index is -0.475. The normalized spacial score (nSPS) is 17.0. The lowest BCUT2D eigenvalue weighted by molar-refractivity contribution is -0.131. The number of carbonyl (C=O) groups excluding carboxylic acids is 2. The van der Waals surface area contributed by atoms with E-state index in [1.165, 1.54) is 6.08 Å². The van der Waals surface area contributed by atoms with Crippen LogP contribution in [0.15, 0.2) is 59.9 Å². The van der Waals surface area contributed by atoms with Crippen molar-refractivity contribution >= 4 is 22.3 Å². The van der Waals surface area contributed by atoms with Crippen LogP contribution in [-0.4, -0.2) is 11.6 Å². The number of hydrogen-bond donors (Lipinski definition) is 0. The molecule has 1 aliphatic heterocycles. The van der Waals surface area contributed by atoms with Crippen molar-refractivity contribution < 1.29 is 14.3 Å². The minimum Gasteiger partial charge on any atom is -0.457 e. The Morgan fingerprint density at radius 1 is 0.950 bits per heavy atom. The van der Waals surface area contributed by atoms with Crippen LogP contribution >= 0.6 is 0 Å². The second-order valence-electron chi connectivity index (χ2n) is 4.96. The lowest BCUT2D eigenvalue weighted by atomic mass is 9.91. The first-order valence-corrected chi connectivity index (χ1v) is 6.42. The second kappa shape index (κ2) is 3.90. The highest BCUT2D eigenvalue weighted by Gasteiger charge is 2.29. The van der Waals surface area contributed by atoms with Crippen molar-refractivity contribution in [1.82, 2.24) is 0 Å². The topological polar surface area (TPSA) is 43.4 Å². The molecule has 20 heavy (non-hydrogen) atoms. The van der Waals surface area contributed by atoms with Gasteiger partial charge in [-0.3, -0.25) is 9.59 Å². The number of fused-ring (bicyclic) bond motifs is 2. The monoisotopic (exact) mass is 262 g/mol. The molecule has 0 spiro atoms. The lowest BCUT2D eigenvalue weighted by Crippen LogP contribution is -2.24. The van der Waals surface area contributed by atoms with Crippen LogP contribution in [0, 0.1) is 0 Å². The van der Waals surface area contributed by atoms with Crippen molar-refractivity contribution in [3.05, 3.63) is 65.4 Å². The van der Waals surface area contributed by atoms with E-state index < -0.39 is 11.6 Å². The van der Waals surface area contributed by atoms with Crippen molar-refractivity contribution in [2.24, 2.45) is 0 Å². The molecule has 4 rings (SSSR count). The van der Waals surface area contributed by atoms with E-state index in [9.17, 15) is 9.59 Å². The summed E-state index contributed by atoms with van der Waals surface area (Å²) in [6.07, 6.45) is 3.30. The van der Waals surface area contributed by atoms with Gasteiger partial charge in [-0.15, -0.1) is 0 Å². The molecule has 0 radical (unpaired) electrons. The number of Topliss-reactive ketones (excluding diaryl/α,β-unsaturated/α-hetero) is 1. The second-order valence-corrected chi connectivity index (χ2v) is 4.96. The fourth-order valence-electron chi connectivity index (χ4n) is 2.66. The molecule has 96 valence electrons. The van der Waals surface area contributed by atoms with Gasteiger partial charge in [-0.1, -0.05) is 24.3 Å². The van der Waals surface area contributed by atoms with Crippen LogP contribution < -0.4 is 4.74 Å². The molecule has 2 aromatic rings. The smallest absolute Gasteiger partial charge is 0.232 e. The summed E-state index contributed by atoms with van der Waals surface area (Å²) in [5.41, 5.74) is 1.40. The van der Waals surface area contributed by atoms with Crippen LogP contribution in [0.3, 0.4) is 0 Å². The van der Waals surface area contributed by atoms with Gasteiger partial charge in [0.2, 0.25) is 11.6 Å². The minimum absolute atomic E-state index is 0.449. The van der Waals surface area contributed by atoms with Gasteiger partial charge in [-0.2, -0.15) is 0 Å². The molecule has 3 heteroatoms. The van der Waals surface area contributed by atoms with E-state index in [0.29, 0.717) is 17.8 Å². The first kappa shape index (κ1) is 11.2. The van der Waals surface area contributed by atoms with Gasteiger partial charge in [0, 0.05) is 12.0 Å². The molecule has 0 saturated carbocycles. The van der Waals surface area contributed by atoms with Gasteiger partial charge in [-0.25, -0.2) is 0 Å². The molecule has 2 aliphatic rings. The Morgan fingerprint density at radius 3 is 2.50 bits per heavy atom. The number of hydrogen-bond acceptors (Lipinski definition) is 3. The molecule has 1 heterocycles. The third-order valence-electron chi connectivity index (χ3n) is 3.70. The number of benzene rings is 2. The van der Waals surface area contributed by atoms with E-state index in [0.717, 1.165) is 22.1 Å². The molecule has 0 saturated heterocycles. The van der Waals surface area contributed by atoms with Crippen molar-refractivity contribution in [3.63, 3.8) is 0 Å². The van der Waals surface area contributed by atoms with Gasteiger partial charge in [0.25, 0.3) is 0 Å². The Kier molecular flexibility index (Phi) is 2.18. The molecule has 1 aliphatic carbocycles. The van der Waals surface area contributed by atoms with Gasteiger partial charge in [0.05, 0.1) is 5.57 Å². The molecule has 2 aromatic carbocycles. The van der Waals surface area contributed by atoms with Gasteiger partial charge >= 0.3 is 0 Å². The van der Waals surface area contributed by atoms with Crippen LogP contribution in [0.4, 0.5) is 0 Å². The van der Waals surface area contributed by atoms with Crippen molar-refractivity contribution in [3.8, 4) is 5.75 Å². The van der Waals surface area contributed by atoms with E-state index in [-0.39, 0.29) is 0 Å². The molecule has 0 amide bonds. The SMILES string of the molecule is O=C1C=CC2=C(Cc3cc4ccccc4cc3O2)C1=O. The predicted molar refractivity (Wildman–Crippen MR) is 74.5 cm³/mol. The summed E-state index contributed by atoms with van der Waals surface area (Å²) in [5.74, 6) is 0.324. The zero-order chi connectivity index (χ0) is 13.7. The summed E-state index contributed by atoms with van der Waals surface area (Å²) in [7, 11) is 0. The van der Waals surface area contributed by atoms with Gasteiger partial charge in [0.1, 0.15) is 11.5 Å². The standard InChI is InChI=1S/C17H10O3/c18-14-5-6-15-13(17(14)19)8-12-7-10-3-1-2-4-11(10)9-16(12)20-15/h1-7,9H,8H2. The number of carbonyl (C=O) groups is 2. The number of ether oxygens (including phenoxy) is 1. The molecule has 0 unspecified atom stereocenters. The molecule has 0 aromatic heterocycles. The summed E-state index contributed by atoms with van der Waals surface area (Å²) < 4.78 is 5.78. The molecule has 0 atom stereocenters. The van der Waals surface area contributed by atoms with Gasteiger partial charge in [0.15, 0.2) is 0 Å². The first-order chi connectivity index (χ1) is 9.72. The zero-order valence-corrected chi connectivity index (χ0v) is 10.6. The summed E-state index contributed by atoms with van der Waals surface area (Å²) in [5, 5.41) is 2.20. The molecule has 0 N–H and O–H groups in total. The maximum absolute atomic E-state index is 11.9. The average Bonchev–Trinajstić information content (AvgIpc) is 2.47. The third-order valence-corrected chi connectivity index (χ3v) is 3.70. The largest absolute Gasteiger partial charge is 0.457 e. The number of rotatable bonds is 0. The molecular weight excluding hydrogens is 252 g/mol. The van der Waals surface area contributed by atoms with Crippen LogP contribution in [0.2, 0.25) is 0 Å². The molecule has 0 fully saturated rings. The predicted octanol–water partition coefficient (Wildman–Crippen LogP) is 2.74. The Bertz CT molecular complexity index is 840. The van der Waals surface area contributed by atoms with Crippen LogP contribution in [0.1, 0.15) is 5.56 Å². The summed E-state index contributed by atoms with van der Waals surface area (Å²) in [4.78, 5) is 23.3. The summed E-state index contributed by atoms with van der Waals surface area (Å²) in [6, 6.07) is 12.0. The highest BCUT2D eigenvalue weighted by atomic mass is 16.5. The van der Waals surface area contributed by atoms with Gasteiger partial charge < -0.3 is 4.74 Å². The maximum atomic E-state index is 11.9. The van der Waals surface area contributed by atoms with Crippen LogP contribution in [-0.2, 0) is 16.0 Å². The molecular formula is C17H10O3. The quantitative estimate of drug-likeness (QED) is 0.541. The fourth-order valence-corrected chi connectivity index (χ4v) is 2.66. The summed E-state index contributed by atoms with van der Waals surface area (Å²) in [6.45, 7) is 0. The number of allylic oxidation sites excluding steroid dienone is 3. The summed E-state index contributed by atoms with van der Waals surface area (Å²) >= 11 is 0. The Balaban J connectivity index is 1.87. The van der Waals surface area contributed by atoms with E-state index in [4.69, 9.17) is 4.74 Å². The lowest BCUT2D eigenvalue weighted by Gasteiger charge is -2.23. The van der Waals surface area contributed by atoms with E-state index in [2.05, 4.69) is 0 Å². The first-order valence-electron chi connectivity index (χ1n) is 6.42. The highest BCUT2D eigenvalue weighted by molar-refractivity contribution is 6.48. The third kappa shape index (κ3) is 1.53. The van der Waals surface area contributed by atoms with Crippen LogP contribution in [0.25, 0.3) is 10.8 Å². The Labute approximate surface area is 115 Å². The van der Waals surface area contributed by atoms with E-state index >= 15 is 0 Å². The van der Waals surface area contributed by atoms with Crippen LogP contribution in [0.5, 0.6) is 5.75 Å². The van der Waals surface area contributed by atoms with Crippen molar-refractivity contribution in [1.29, 1.82) is 0 Å². The van der Waals surface area contributed by atoms with Gasteiger partial charge in [-0.05, 0) is 35.1 Å². The number of ketones is 2. The fraction of sp³-hybridized carbons (Fsp3) is 0.0588. The molecule has 0 bridgehead atoms. The Hall–Kier alpha value is -2.68. The maximum Gasteiger partial charge on any atom is 0.232 e. The Morgan fingerprint density at radius 2 is 1.70 bits per heavy atom. The zero-order valence-electron chi connectivity index (χ0n) is 10.6. The highest BCUT2D eigenvalue weighted by Crippen LogP contribution is 2.35. The van der Waals surface area contributed by atoms with E-state index in [1.54, 1.807) is 6.08 Å². The van der Waals surface area contributed by atoms with Crippen molar-refractivity contribution in [2.45, 2.75) is 6.42 Å². The average molecular weight is 262 g/mol.